The van der Waals surface area contributed by atoms with E-state index in [0.29, 0.717) is 68.1 Å². The summed E-state index contributed by atoms with van der Waals surface area (Å²) in [5.41, 5.74) is 3.87. The minimum absolute atomic E-state index is 0.136. The molecule has 0 spiro atoms. The molecule has 0 radical (unpaired) electrons. The number of methoxy groups -OCH3 is 1. The first-order valence-electron chi connectivity index (χ1n) is 18.5. The molecule has 0 unspecified atom stereocenters. The summed E-state index contributed by atoms with van der Waals surface area (Å²) in [4.78, 5) is 26.3. The zero-order valence-corrected chi connectivity index (χ0v) is 35.0. The van der Waals surface area contributed by atoms with Gasteiger partial charge in [0, 0.05) is 42.8 Å². The molecule has 0 bridgehead atoms. The Morgan fingerprint density at radius 3 is 2.75 bits per heavy atom. The highest BCUT2D eigenvalue weighted by Crippen LogP contribution is 2.39. The number of aryl methyl sites for hydroxylation is 1. The fourth-order valence-corrected chi connectivity index (χ4v) is 8.94. The SMILES string of the molecule is C#CCNCC#Cc1ccc(OCCCc2sc(N3CCCc4c3nnc(/N=c3\sc5ccccc5n3COCC[Si](C)(C)C)c4C)nc2C(=O)OC)c(F)c1. The lowest BCUT2D eigenvalue weighted by Crippen LogP contribution is -2.27. The van der Waals surface area contributed by atoms with Crippen LogP contribution in [0.25, 0.3) is 10.2 Å². The maximum absolute atomic E-state index is 14.8. The van der Waals surface area contributed by atoms with Crippen LogP contribution in [0.1, 0.15) is 44.9 Å². The van der Waals surface area contributed by atoms with Crippen molar-refractivity contribution >= 4 is 63.7 Å². The van der Waals surface area contributed by atoms with Crippen LogP contribution in [0.2, 0.25) is 25.7 Å². The summed E-state index contributed by atoms with van der Waals surface area (Å²) in [5.74, 6) is 8.69. The number of thiazole rings is 2. The number of hydrogen-bond donors (Lipinski definition) is 1. The molecular weight excluding hydrogens is 766 g/mol. The molecule has 1 aliphatic heterocycles. The summed E-state index contributed by atoms with van der Waals surface area (Å²) < 4.78 is 35.0. The molecule has 0 fully saturated rings. The van der Waals surface area contributed by atoms with Crippen molar-refractivity contribution in [3.63, 3.8) is 0 Å². The highest BCUT2D eigenvalue weighted by Gasteiger charge is 2.29. The van der Waals surface area contributed by atoms with Gasteiger partial charge in [-0.1, -0.05) is 60.9 Å². The van der Waals surface area contributed by atoms with E-state index in [9.17, 15) is 9.18 Å². The van der Waals surface area contributed by atoms with E-state index < -0.39 is 19.9 Å². The van der Waals surface area contributed by atoms with Gasteiger partial charge in [-0.2, -0.15) is 4.99 Å². The summed E-state index contributed by atoms with van der Waals surface area (Å²) >= 11 is 3.02. The molecular formula is C41H46FN7O4S2Si. The number of hydrogen-bond acceptors (Lipinski definition) is 12. The third-order valence-corrected chi connectivity index (χ3v) is 13.0. The van der Waals surface area contributed by atoms with E-state index in [0.717, 1.165) is 49.9 Å². The lowest BCUT2D eigenvalue weighted by atomic mass is 10.0. The standard InChI is InChI=1S/C41H46FN7O4S2Si/c1-7-20-43-21-10-13-29-18-19-33(31(42)26-29)53-23-12-17-35-36(39(50)51-3)44-40(55-35)48-22-11-14-30-28(2)37(46-47-38(30)48)45-41-49(27-52-24-25-56(4,5)6)32-15-8-9-16-34(32)54-41/h1,8-9,15-16,18-19,26,43H,11-12,14,17,20-25,27H2,2-6H3/b45-41-. The maximum atomic E-state index is 14.8. The third kappa shape index (κ3) is 10.1. The van der Waals surface area contributed by atoms with E-state index in [1.54, 1.807) is 23.5 Å². The van der Waals surface area contributed by atoms with Crippen LogP contribution >= 0.6 is 22.7 Å². The number of para-hydroxylation sites is 1. The number of carbonyl (C=O) groups excluding carboxylic acids is 1. The van der Waals surface area contributed by atoms with Crippen molar-refractivity contribution in [2.75, 3.05) is 44.9 Å². The lowest BCUT2D eigenvalue weighted by Gasteiger charge is -2.28. The van der Waals surface area contributed by atoms with E-state index in [-0.39, 0.29) is 18.1 Å². The fourth-order valence-electron chi connectivity index (χ4n) is 6.05. The molecule has 2 aromatic carbocycles. The highest BCUT2D eigenvalue weighted by molar-refractivity contribution is 7.16. The number of nitrogens with zero attached hydrogens (tertiary/aromatic N) is 6. The average Bonchev–Trinajstić information content (AvgIpc) is 3.77. The van der Waals surface area contributed by atoms with Crippen LogP contribution in [0.3, 0.4) is 0 Å². The molecule has 4 heterocycles. The van der Waals surface area contributed by atoms with E-state index in [2.05, 4.69) is 64.5 Å². The van der Waals surface area contributed by atoms with Gasteiger partial charge in [-0.25, -0.2) is 14.2 Å². The van der Waals surface area contributed by atoms with Gasteiger partial charge >= 0.3 is 5.97 Å². The number of esters is 1. The molecule has 1 aliphatic rings. The maximum Gasteiger partial charge on any atom is 0.357 e. The number of terminal acetylenes is 1. The van der Waals surface area contributed by atoms with Gasteiger partial charge in [-0.05, 0) is 69.0 Å². The minimum atomic E-state index is -1.23. The Labute approximate surface area is 336 Å². The molecule has 3 aromatic heterocycles. The Hall–Kier alpha value is -4.90. The largest absolute Gasteiger partial charge is 0.491 e. The van der Waals surface area contributed by atoms with Crippen molar-refractivity contribution in [1.29, 1.82) is 0 Å². The van der Waals surface area contributed by atoms with Crippen LogP contribution in [0.4, 0.5) is 21.2 Å². The van der Waals surface area contributed by atoms with Crippen molar-refractivity contribution in [2.45, 2.75) is 65.0 Å². The van der Waals surface area contributed by atoms with Crippen molar-refractivity contribution in [3.8, 4) is 29.9 Å². The molecule has 56 heavy (non-hydrogen) atoms. The quantitative estimate of drug-likeness (QED) is 0.0500. The Morgan fingerprint density at radius 1 is 1.12 bits per heavy atom. The third-order valence-electron chi connectivity index (χ3n) is 9.07. The van der Waals surface area contributed by atoms with Gasteiger partial charge in [0.05, 0.1) is 37.0 Å². The van der Waals surface area contributed by atoms with Gasteiger partial charge in [0.1, 0.15) is 6.73 Å². The van der Waals surface area contributed by atoms with Crippen LogP contribution in [0.5, 0.6) is 5.75 Å². The molecule has 0 saturated carbocycles. The first kappa shape index (κ1) is 40.8. The molecule has 0 saturated heterocycles. The molecule has 0 aliphatic carbocycles. The van der Waals surface area contributed by atoms with Gasteiger partial charge in [0.15, 0.2) is 38.8 Å². The lowest BCUT2D eigenvalue weighted by molar-refractivity contribution is 0.0593. The average molecular weight is 812 g/mol. The van der Waals surface area contributed by atoms with Crippen molar-refractivity contribution < 1.29 is 23.4 Å². The second kappa shape index (κ2) is 18.8. The molecule has 5 aromatic rings. The van der Waals surface area contributed by atoms with Gasteiger partial charge in [0.2, 0.25) is 0 Å². The summed E-state index contributed by atoms with van der Waals surface area (Å²) in [6.07, 6.45) is 7.90. The zero-order chi connectivity index (χ0) is 39.7. The van der Waals surface area contributed by atoms with Gasteiger partial charge in [-0.15, -0.1) is 28.0 Å². The summed E-state index contributed by atoms with van der Waals surface area (Å²) in [7, 11) is 0.116. The number of benzene rings is 2. The second-order valence-electron chi connectivity index (χ2n) is 14.4. The van der Waals surface area contributed by atoms with Crippen LogP contribution in [-0.4, -0.2) is 73.7 Å². The van der Waals surface area contributed by atoms with E-state index in [4.69, 9.17) is 35.7 Å². The molecule has 6 rings (SSSR count). The fraction of sp³-hybridized carbons (Fsp3) is 0.390. The number of ether oxygens (including phenoxy) is 3. The van der Waals surface area contributed by atoms with Crippen LogP contribution < -0.4 is 19.8 Å². The van der Waals surface area contributed by atoms with Gasteiger partial charge in [0.25, 0.3) is 0 Å². The minimum Gasteiger partial charge on any atom is -0.491 e. The summed E-state index contributed by atoms with van der Waals surface area (Å²) in [6.45, 7) is 11.9. The first-order chi connectivity index (χ1) is 27.1. The monoisotopic (exact) mass is 811 g/mol. The summed E-state index contributed by atoms with van der Waals surface area (Å²) in [6, 6.07) is 14.0. The van der Waals surface area contributed by atoms with E-state index in [1.807, 2.05) is 24.0 Å². The molecule has 292 valence electrons. The smallest absolute Gasteiger partial charge is 0.357 e. The van der Waals surface area contributed by atoms with Crippen molar-refractivity contribution in [2.24, 2.45) is 4.99 Å². The highest BCUT2D eigenvalue weighted by atomic mass is 32.1. The number of halogens is 1. The second-order valence-corrected chi connectivity index (χ2v) is 22.1. The van der Waals surface area contributed by atoms with E-state index in [1.165, 1.54) is 24.5 Å². The predicted molar refractivity (Wildman–Crippen MR) is 223 cm³/mol. The van der Waals surface area contributed by atoms with Crippen molar-refractivity contribution in [1.82, 2.24) is 25.1 Å². The van der Waals surface area contributed by atoms with Gasteiger partial charge in [-0.3, -0.25) is 9.88 Å². The van der Waals surface area contributed by atoms with Crippen molar-refractivity contribution in [3.05, 3.63) is 80.3 Å². The normalized spacial score (nSPS) is 12.9. The number of nitrogens with one attached hydrogen (secondary N) is 1. The van der Waals surface area contributed by atoms with E-state index >= 15 is 0 Å². The number of carbonyl (C=O) groups is 1. The molecule has 15 heteroatoms. The molecule has 1 N–H and O–H groups in total. The molecule has 11 nitrogen and oxygen atoms in total. The molecule has 0 atom stereocenters. The Bertz CT molecular complexity index is 2370. The number of anilines is 2. The topological polar surface area (TPSA) is 116 Å². The zero-order valence-electron chi connectivity index (χ0n) is 32.4. The molecule has 0 amide bonds. The van der Waals surface area contributed by atoms with Crippen LogP contribution in [-0.2, 0) is 29.0 Å². The predicted octanol–water partition coefficient (Wildman–Crippen LogP) is 7.40. The summed E-state index contributed by atoms with van der Waals surface area (Å²) in [5, 5.41) is 12.9. The first-order valence-corrected chi connectivity index (χ1v) is 23.9. The number of rotatable bonds is 15. The van der Waals surface area contributed by atoms with Gasteiger partial charge < -0.3 is 19.1 Å². The van der Waals surface area contributed by atoms with Crippen LogP contribution in [0.15, 0.2) is 47.5 Å². The number of fused-ring (bicyclic) bond motifs is 2. The Kier molecular flexibility index (Phi) is 13.7. The number of aromatic nitrogens is 4. The Morgan fingerprint density at radius 2 is 1.96 bits per heavy atom. The Balaban J connectivity index is 1.18. The van der Waals surface area contributed by atoms with Crippen LogP contribution in [0, 0.1) is 36.9 Å².